The average molecular weight is 273 g/mol. The highest BCUT2D eigenvalue weighted by Gasteiger charge is 2.26. The average Bonchev–Trinajstić information content (AvgIpc) is 3.02. The molecule has 1 atom stereocenters. The Morgan fingerprint density at radius 2 is 1.60 bits per heavy atom. The Bertz CT molecular complexity index is 412. The second-order valence-corrected chi connectivity index (χ2v) is 6.34. The van der Waals surface area contributed by atoms with Gasteiger partial charge in [-0.3, -0.25) is 4.90 Å². The lowest BCUT2D eigenvalue weighted by Crippen LogP contribution is -2.49. The lowest BCUT2D eigenvalue weighted by Gasteiger charge is -2.39. The molecule has 0 aromatic heterocycles. The Balaban J connectivity index is 1.57. The van der Waals surface area contributed by atoms with Crippen LogP contribution in [0.15, 0.2) is 24.3 Å². The van der Waals surface area contributed by atoms with E-state index in [0.717, 1.165) is 19.1 Å². The number of hydrogen-bond donors (Lipinski definition) is 1. The predicted octanol–water partition coefficient (Wildman–Crippen LogP) is 2.77. The molecule has 1 aliphatic heterocycles. The van der Waals surface area contributed by atoms with Crippen molar-refractivity contribution in [3.63, 3.8) is 0 Å². The van der Waals surface area contributed by atoms with Gasteiger partial charge in [-0.25, -0.2) is 0 Å². The Morgan fingerprint density at radius 1 is 1.00 bits per heavy atom. The van der Waals surface area contributed by atoms with Gasteiger partial charge in [0.25, 0.3) is 0 Å². The molecule has 2 N–H and O–H groups in total. The van der Waals surface area contributed by atoms with Gasteiger partial charge in [0, 0.05) is 44.0 Å². The molecule has 0 bridgehead atoms. The Hall–Kier alpha value is -1.06. The molecule has 1 aliphatic carbocycles. The molecule has 1 heterocycles. The van der Waals surface area contributed by atoms with Gasteiger partial charge in [0.05, 0.1) is 0 Å². The van der Waals surface area contributed by atoms with Crippen molar-refractivity contribution in [3.05, 3.63) is 29.8 Å². The van der Waals surface area contributed by atoms with Crippen molar-refractivity contribution in [2.24, 2.45) is 5.73 Å². The van der Waals surface area contributed by atoms with E-state index in [1.807, 2.05) is 6.92 Å². The second kappa shape index (κ2) is 6.15. The number of hydrogen-bond acceptors (Lipinski definition) is 3. The van der Waals surface area contributed by atoms with Gasteiger partial charge >= 0.3 is 0 Å². The van der Waals surface area contributed by atoms with E-state index < -0.39 is 0 Å². The fourth-order valence-corrected chi connectivity index (χ4v) is 3.60. The maximum atomic E-state index is 5.91. The minimum Gasteiger partial charge on any atom is -0.369 e. The molecule has 0 amide bonds. The first-order valence-electron chi connectivity index (χ1n) is 8.08. The summed E-state index contributed by atoms with van der Waals surface area (Å²) in [6.07, 6.45) is 5.71. The molecule has 2 aliphatic rings. The van der Waals surface area contributed by atoms with Gasteiger partial charge < -0.3 is 10.6 Å². The van der Waals surface area contributed by atoms with Gasteiger partial charge in [-0.05, 0) is 37.5 Å². The van der Waals surface area contributed by atoms with Crippen LogP contribution < -0.4 is 10.6 Å². The normalized spacial score (nSPS) is 23.2. The third-order valence-corrected chi connectivity index (χ3v) is 4.94. The van der Waals surface area contributed by atoms with E-state index in [9.17, 15) is 0 Å². The molecule has 110 valence electrons. The van der Waals surface area contributed by atoms with E-state index in [2.05, 4.69) is 34.1 Å². The van der Waals surface area contributed by atoms with Gasteiger partial charge in [-0.2, -0.15) is 0 Å². The van der Waals surface area contributed by atoms with E-state index in [1.165, 1.54) is 50.0 Å². The van der Waals surface area contributed by atoms with Crippen LogP contribution in [0.2, 0.25) is 0 Å². The van der Waals surface area contributed by atoms with Crippen LogP contribution in [0.5, 0.6) is 0 Å². The fourth-order valence-electron chi connectivity index (χ4n) is 3.60. The second-order valence-electron chi connectivity index (χ2n) is 6.34. The number of benzene rings is 1. The Morgan fingerprint density at radius 3 is 2.15 bits per heavy atom. The summed E-state index contributed by atoms with van der Waals surface area (Å²) in [7, 11) is 0. The standard InChI is InChI=1S/C17H27N3/c1-14(18)15-6-8-17(9-7-15)20-12-10-19(11-13-20)16-4-2-3-5-16/h6-9,14,16H,2-5,10-13,18H2,1H3/t14-/m0/s1. The summed E-state index contributed by atoms with van der Waals surface area (Å²) in [4.78, 5) is 5.22. The molecule has 1 saturated carbocycles. The number of anilines is 1. The molecule has 3 rings (SSSR count). The van der Waals surface area contributed by atoms with Crippen LogP contribution in [-0.4, -0.2) is 37.1 Å². The van der Waals surface area contributed by atoms with Gasteiger partial charge in [0.2, 0.25) is 0 Å². The number of rotatable bonds is 3. The Kier molecular flexibility index (Phi) is 4.27. The zero-order valence-corrected chi connectivity index (χ0v) is 12.6. The summed E-state index contributed by atoms with van der Waals surface area (Å²) >= 11 is 0. The van der Waals surface area contributed by atoms with Gasteiger partial charge in [-0.1, -0.05) is 25.0 Å². The van der Waals surface area contributed by atoms with Crippen molar-refractivity contribution in [1.29, 1.82) is 0 Å². The van der Waals surface area contributed by atoms with Gasteiger partial charge in [0.15, 0.2) is 0 Å². The van der Waals surface area contributed by atoms with Crippen molar-refractivity contribution < 1.29 is 0 Å². The van der Waals surface area contributed by atoms with Crippen LogP contribution in [0.1, 0.15) is 44.2 Å². The molecular weight excluding hydrogens is 246 g/mol. The lowest BCUT2D eigenvalue weighted by atomic mass is 10.1. The first-order valence-corrected chi connectivity index (χ1v) is 8.08. The minimum absolute atomic E-state index is 0.128. The van der Waals surface area contributed by atoms with Crippen molar-refractivity contribution in [2.45, 2.75) is 44.7 Å². The monoisotopic (exact) mass is 273 g/mol. The van der Waals surface area contributed by atoms with E-state index >= 15 is 0 Å². The molecule has 3 heteroatoms. The highest BCUT2D eigenvalue weighted by molar-refractivity contribution is 5.48. The van der Waals surface area contributed by atoms with Crippen LogP contribution in [-0.2, 0) is 0 Å². The van der Waals surface area contributed by atoms with Crippen LogP contribution in [0.3, 0.4) is 0 Å². The van der Waals surface area contributed by atoms with Gasteiger partial charge in [0.1, 0.15) is 0 Å². The van der Waals surface area contributed by atoms with Crippen molar-refractivity contribution in [1.82, 2.24) is 4.90 Å². The largest absolute Gasteiger partial charge is 0.369 e. The zero-order valence-electron chi connectivity index (χ0n) is 12.6. The number of piperazine rings is 1. The van der Waals surface area contributed by atoms with E-state index in [4.69, 9.17) is 5.73 Å². The summed E-state index contributed by atoms with van der Waals surface area (Å²) in [5.41, 5.74) is 8.48. The van der Waals surface area contributed by atoms with E-state index in [-0.39, 0.29) is 6.04 Å². The molecule has 0 unspecified atom stereocenters. The summed E-state index contributed by atoms with van der Waals surface area (Å²) in [5.74, 6) is 0. The maximum Gasteiger partial charge on any atom is 0.0367 e. The molecule has 0 spiro atoms. The highest BCUT2D eigenvalue weighted by Crippen LogP contribution is 2.26. The summed E-state index contributed by atoms with van der Waals surface area (Å²) in [5, 5.41) is 0. The van der Waals surface area contributed by atoms with E-state index in [0.29, 0.717) is 0 Å². The van der Waals surface area contributed by atoms with Crippen molar-refractivity contribution in [3.8, 4) is 0 Å². The molecular formula is C17H27N3. The topological polar surface area (TPSA) is 32.5 Å². The third kappa shape index (κ3) is 2.99. The molecule has 2 fully saturated rings. The van der Waals surface area contributed by atoms with Crippen molar-refractivity contribution >= 4 is 5.69 Å². The fraction of sp³-hybridized carbons (Fsp3) is 0.647. The number of nitrogens with two attached hydrogens (primary N) is 1. The molecule has 0 radical (unpaired) electrons. The maximum absolute atomic E-state index is 5.91. The molecule has 1 saturated heterocycles. The number of nitrogens with zero attached hydrogens (tertiary/aromatic N) is 2. The molecule has 1 aromatic carbocycles. The minimum atomic E-state index is 0.128. The molecule has 3 nitrogen and oxygen atoms in total. The third-order valence-electron chi connectivity index (χ3n) is 4.94. The van der Waals surface area contributed by atoms with E-state index in [1.54, 1.807) is 0 Å². The zero-order chi connectivity index (χ0) is 13.9. The van der Waals surface area contributed by atoms with Crippen molar-refractivity contribution in [2.75, 3.05) is 31.1 Å². The summed E-state index contributed by atoms with van der Waals surface area (Å²) < 4.78 is 0. The SMILES string of the molecule is C[C@H](N)c1ccc(N2CCN(C3CCCC3)CC2)cc1. The molecule has 20 heavy (non-hydrogen) atoms. The predicted molar refractivity (Wildman–Crippen MR) is 85.1 cm³/mol. The van der Waals surface area contributed by atoms with Crippen LogP contribution >= 0.6 is 0 Å². The lowest BCUT2D eigenvalue weighted by molar-refractivity contribution is 0.187. The van der Waals surface area contributed by atoms with Gasteiger partial charge in [-0.15, -0.1) is 0 Å². The first kappa shape index (κ1) is 13.9. The van der Waals surface area contributed by atoms with Crippen LogP contribution in [0.25, 0.3) is 0 Å². The Labute approximate surface area is 122 Å². The highest BCUT2D eigenvalue weighted by atomic mass is 15.3. The summed E-state index contributed by atoms with van der Waals surface area (Å²) in [6, 6.07) is 9.79. The van der Waals surface area contributed by atoms with Crippen LogP contribution in [0.4, 0.5) is 5.69 Å². The first-order chi connectivity index (χ1) is 9.74. The quantitative estimate of drug-likeness (QED) is 0.919. The molecule has 1 aromatic rings. The summed E-state index contributed by atoms with van der Waals surface area (Å²) in [6.45, 7) is 6.80. The smallest absolute Gasteiger partial charge is 0.0367 e. The van der Waals surface area contributed by atoms with Crippen LogP contribution in [0, 0.1) is 0 Å².